The number of carbonyl (C=O) groups excluding carboxylic acids is 1. The Kier molecular flexibility index (Phi) is 4.83. The molecule has 0 unspecified atom stereocenters. The third-order valence-electron chi connectivity index (χ3n) is 4.07. The number of carbonyl (C=O) groups is 1. The van der Waals surface area contributed by atoms with Crippen LogP contribution in [0.15, 0.2) is 34.7 Å². The lowest BCUT2D eigenvalue weighted by Crippen LogP contribution is -2.36. The van der Waals surface area contributed by atoms with Gasteiger partial charge in [0.1, 0.15) is 0 Å². The molecule has 0 saturated heterocycles. The maximum Gasteiger partial charge on any atom is 0.309 e. The first-order valence-electron chi connectivity index (χ1n) is 7.98. The fourth-order valence-electron chi connectivity index (χ4n) is 2.84. The summed E-state index contributed by atoms with van der Waals surface area (Å²) in [7, 11) is 0. The van der Waals surface area contributed by atoms with E-state index in [4.69, 9.17) is 4.42 Å². The highest BCUT2D eigenvalue weighted by molar-refractivity contribution is 5.89. The second kappa shape index (κ2) is 7.20. The summed E-state index contributed by atoms with van der Waals surface area (Å²) in [6.07, 6.45) is 7.17. The van der Waals surface area contributed by atoms with Crippen molar-refractivity contribution in [3.05, 3.63) is 47.7 Å². The Bertz CT molecular complexity index is 603. The highest BCUT2D eigenvalue weighted by Crippen LogP contribution is 2.17. The Morgan fingerprint density at radius 1 is 1.09 bits per heavy atom. The van der Waals surface area contributed by atoms with Crippen molar-refractivity contribution < 1.29 is 9.21 Å². The zero-order chi connectivity index (χ0) is 15.2. The number of nitrogens with one attached hydrogen (secondary N) is 1. The van der Waals surface area contributed by atoms with E-state index in [2.05, 4.69) is 27.6 Å². The monoisotopic (exact) mass is 299 g/mol. The van der Waals surface area contributed by atoms with Gasteiger partial charge in [0.05, 0.1) is 0 Å². The van der Waals surface area contributed by atoms with E-state index in [1.165, 1.54) is 24.8 Å². The van der Waals surface area contributed by atoms with Gasteiger partial charge in [0.2, 0.25) is 5.89 Å². The van der Waals surface area contributed by atoms with Crippen molar-refractivity contribution in [3.8, 4) is 0 Å². The van der Waals surface area contributed by atoms with Crippen LogP contribution in [0.4, 0.5) is 0 Å². The molecule has 0 aliphatic heterocycles. The van der Waals surface area contributed by atoms with Crippen molar-refractivity contribution in [2.45, 2.75) is 51.0 Å². The van der Waals surface area contributed by atoms with Crippen LogP contribution < -0.4 is 5.32 Å². The normalized spacial score (nSPS) is 15.6. The van der Waals surface area contributed by atoms with Gasteiger partial charge >= 0.3 is 11.8 Å². The van der Waals surface area contributed by atoms with Crippen molar-refractivity contribution in [3.63, 3.8) is 0 Å². The molecule has 0 bridgehead atoms. The van der Waals surface area contributed by atoms with Gasteiger partial charge in [-0.1, -0.05) is 49.6 Å². The molecule has 0 radical (unpaired) electrons. The molecule has 1 amide bonds. The zero-order valence-corrected chi connectivity index (χ0v) is 12.6. The molecule has 1 aromatic carbocycles. The van der Waals surface area contributed by atoms with Gasteiger partial charge in [-0.2, -0.15) is 0 Å². The average Bonchev–Trinajstić information content (AvgIpc) is 3.04. The molecule has 1 aliphatic rings. The smallest absolute Gasteiger partial charge is 0.309 e. The molecule has 116 valence electrons. The van der Waals surface area contributed by atoms with E-state index in [1.807, 2.05) is 18.2 Å². The van der Waals surface area contributed by atoms with Crippen LogP contribution in [0.1, 0.15) is 54.2 Å². The van der Waals surface area contributed by atoms with Crippen LogP contribution in [-0.2, 0) is 12.8 Å². The summed E-state index contributed by atoms with van der Waals surface area (Å²) in [5.41, 5.74) is 1.22. The van der Waals surface area contributed by atoms with E-state index >= 15 is 0 Å². The van der Waals surface area contributed by atoms with E-state index in [9.17, 15) is 4.79 Å². The third-order valence-corrected chi connectivity index (χ3v) is 4.07. The van der Waals surface area contributed by atoms with Gasteiger partial charge in [0.25, 0.3) is 0 Å². The summed E-state index contributed by atoms with van der Waals surface area (Å²) in [5, 5.41) is 10.8. The number of benzene rings is 1. The van der Waals surface area contributed by atoms with E-state index in [0.717, 1.165) is 19.3 Å². The first-order valence-corrected chi connectivity index (χ1v) is 7.98. The number of hydrogen-bond donors (Lipinski definition) is 1. The number of nitrogens with zero attached hydrogens (tertiary/aromatic N) is 2. The van der Waals surface area contributed by atoms with Crippen molar-refractivity contribution in [1.82, 2.24) is 15.5 Å². The predicted octanol–water partition coefficient (Wildman–Crippen LogP) is 2.92. The van der Waals surface area contributed by atoms with E-state index < -0.39 is 0 Å². The molecule has 3 rings (SSSR count). The lowest BCUT2D eigenvalue weighted by Gasteiger charge is -2.21. The summed E-state index contributed by atoms with van der Waals surface area (Å²) in [6, 6.07) is 10.4. The topological polar surface area (TPSA) is 68.0 Å². The molecular formula is C17H21N3O2. The van der Waals surface area contributed by atoms with Crippen LogP contribution >= 0.6 is 0 Å². The molecule has 1 aromatic heterocycles. The summed E-state index contributed by atoms with van der Waals surface area (Å²) in [6.45, 7) is 0. The molecule has 1 heterocycles. The Labute approximate surface area is 130 Å². The second-order valence-electron chi connectivity index (χ2n) is 5.79. The Balaban J connectivity index is 1.52. The van der Waals surface area contributed by atoms with Gasteiger partial charge < -0.3 is 9.73 Å². The molecule has 2 aromatic rings. The van der Waals surface area contributed by atoms with Crippen molar-refractivity contribution in [1.29, 1.82) is 0 Å². The molecule has 1 fully saturated rings. The van der Waals surface area contributed by atoms with Gasteiger partial charge in [-0.05, 0) is 24.8 Å². The Hall–Kier alpha value is -2.17. The minimum atomic E-state index is -0.245. The molecule has 1 N–H and O–H groups in total. The van der Waals surface area contributed by atoms with Gasteiger partial charge in [-0.15, -0.1) is 10.2 Å². The van der Waals surface area contributed by atoms with Crippen LogP contribution in [0.25, 0.3) is 0 Å². The fraction of sp³-hybridized carbons (Fsp3) is 0.471. The quantitative estimate of drug-likeness (QED) is 0.921. The Morgan fingerprint density at radius 3 is 2.64 bits per heavy atom. The summed E-state index contributed by atoms with van der Waals surface area (Å²) < 4.78 is 5.47. The summed E-state index contributed by atoms with van der Waals surface area (Å²) in [4.78, 5) is 12.1. The highest BCUT2D eigenvalue weighted by atomic mass is 16.4. The van der Waals surface area contributed by atoms with Crippen LogP contribution in [0.3, 0.4) is 0 Å². The van der Waals surface area contributed by atoms with E-state index in [1.54, 1.807) is 0 Å². The number of aromatic nitrogens is 2. The maximum absolute atomic E-state index is 12.1. The van der Waals surface area contributed by atoms with E-state index in [-0.39, 0.29) is 17.8 Å². The maximum atomic E-state index is 12.1. The van der Waals surface area contributed by atoms with Crippen LogP contribution in [-0.4, -0.2) is 22.1 Å². The standard InChI is InChI=1S/C17H21N3O2/c21-16(18-14-9-5-2-6-10-14)17-20-19-15(22-17)12-11-13-7-3-1-4-8-13/h1,3-4,7-8,14H,2,5-6,9-12H2,(H,18,21). The highest BCUT2D eigenvalue weighted by Gasteiger charge is 2.20. The van der Waals surface area contributed by atoms with Crippen molar-refractivity contribution in [2.24, 2.45) is 0 Å². The largest absolute Gasteiger partial charge is 0.417 e. The van der Waals surface area contributed by atoms with Gasteiger partial charge in [0, 0.05) is 12.5 Å². The first-order chi connectivity index (χ1) is 10.8. The molecular weight excluding hydrogens is 278 g/mol. The lowest BCUT2D eigenvalue weighted by molar-refractivity contribution is 0.0890. The lowest BCUT2D eigenvalue weighted by atomic mass is 9.95. The van der Waals surface area contributed by atoms with E-state index in [0.29, 0.717) is 12.3 Å². The SMILES string of the molecule is O=C(NC1CCCCC1)c1nnc(CCc2ccccc2)o1. The molecule has 0 atom stereocenters. The number of amides is 1. The van der Waals surface area contributed by atoms with Crippen LogP contribution in [0.2, 0.25) is 0 Å². The predicted molar refractivity (Wildman–Crippen MR) is 82.5 cm³/mol. The molecule has 1 aliphatic carbocycles. The zero-order valence-electron chi connectivity index (χ0n) is 12.6. The minimum absolute atomic E-state index is 0.0774. The van der Waals surface area contributed by atoms with Crippen molar-refractivity contribution >= 4 is 5.91 Å². The third kappa shape index (κ3) is 3.93. The van der Waals surface area contributed by atoms with Crippen molar-refractivity contribution in [2.75, 3.05) is 0 Å². The summed E-state index contributed by atoms with van der Waals surface area (Å²) >= 11 is 0. The molecule has 22 heavy (non-hydrogen) atoms. The molecule has 5 heteroatoms. The van der Waals surface area contributed by atoms with Crippen LogP contribution in [0, 0.1) is 0 Å². The van der Waals surface area contributed by atoms with Gasteiger partial charge in [-0.3, -0.25) is 4.79 Å². The number of hydrogen-bond acceptors (Lipinski definition) is 4. The molecule has 0 spiro atoms. The van der Waals surface area contributed by atoms with Gasteiger partial charge in [-0.25, -0.2) is 0 Å². The minimum Gasteiger partial charge on any atom is -0.417 e. The summed E-state index contributed by atoms with van der Waals surface area (Å²) in [5.74, 6) is 0.344. The average molecular weight is 299 g/mol. The number of aryl methyl sites for hydroxylation is 2. The van der Waals surface area contributed by atoms with Gasteiger partial charge in [0.15, 0.2) is 0 Å². The first kappa shape index (κ1) is 14.8. The second-order valence-corrected chi connectivity index (χ2v) is 5.79. The fourth-order valence-corrected chi connectivity index (χ4v) is 2.84. The van der Waals surface area contributed by atoms with Crippen LogP contribution in [0.5, 0.6) is 0 Å². The molecule has 5 nitrogen and oxygen atoms in total. The molecule has 1 saturated carbocycles. The number of rotatable bonds is 5. The Morgan fingerprint density at radius 2 is 1.86 bits per heavy atom.